The van der Waals surface area contributed by atoms with Crippen molar-refractivity contribution in [1.29, 1.82) is 0 Å². The fraction of sp³-hybridized carbons (Fsp3) is 0.333. The molecule has 2 heterocycles. The summed E-state index contributed by atoms with van der Waals surface area (Å²) < 4.78 is 8.41. The molecule has 0 spiro atoms. The van der Waals surface area contributed by atoms with Crippen molar-refractivity contribution in [1.82, 2.24) is 9.55 Å². The Morgan fingerprint density at radius 3 is 2.54 bits per heavy atom. The lowest BCUT2D eigenvalue weighted by Crippen LogP contribution is -2.25. The lowest BCUT2D eigenvalue weighted by Gasteiger charge is -2.20. The predicted molar refractivity (Wildman–Crippen MR) is 141 cm³/mol. The molecule has 1 unspecified atom stereocenters. The van der Waals surface area contributed by atoms with Gasteiger partial charge in [-0.2, -0.15) is 0 Å². The molecule has 1 aliphatic rings. The van der Waals surface area contributed by atoms with E-state index in [1.807, 2.05) is 11.0 Å². The minimum atomic E-state index is 0.0653. The van der Waals surface area contributed by atoms with Crippen molar-refractivity contribution in [2.24, 2.45) is 0 Å². The van der Waals surface area contributed by atoms with Gasteiger partial charge in [0.15, 0.2) is 0 Å². The Morgan fingerprint density at radius 1 is 0.943 bits per heavy atom. The van der Waals surface area contributed by atoms with Crippen molar-refractivity contribution in [2.45, 2.75) is 53.0 Å². The number of benzene rings is 3. The second-order valence-corrected chi connectivity index (χ2v) is 9.78. The van der Waals surface area contributed by atoms with Crippen LogP contribution in [-0.2, 0) is 11.3 Å². The van der Waals surface area contributed by atoms with Crippen LogP contribution in [0.5, 0.6) is 5.75 Å². The molecule has 1 saturated heterocycles. The summed E-state index contributed by atoms with van der Waals surface area (Å²) in [5, 5.41) is 0. The molecule has 4 aromatic rings. The molecule has 1 aliphatic heterocycles. The zero-order valence-electron chi connectivity index (χ0n) is 21.0. The van der Waals surface area contributed by atoms with E-state index in [-0.39, 0.29) is 11.8 Å². The first kappa shape index (κ1) is 23.2. The number of amides is 1. The highest BCUT2D eigenvalue weighted by Crippen LogP contribution is 2.35. The monoisotopic (exact) mass is 467 g/mol. The number of nitrogens with zero attached hydrogens (tertiary/aromatic N) is 3. The van der Waals surface area contributed by atoms with Crippen molar-refractivity contribution >= 4 is 22.6 Å². The highest BCUT2D eigenvalue weighted by atomic mass is 16.5. The molecule has 180 valence electrons. The molecule has 1 fully saturated rings. The second-order valence-electron chi connectivity index (χ2n) is 9.78. The second kappa shape index (κ2) is 9.57. The first-order valence-corrected chi connectivity index (χ1v) is 12.4. The highest BCUT2D eigenvalue weighted by Gasteiger charge is 2.35. The number of anilines is 1. The van der Waals surface area contributed by atoms with Crippen LogP contribution in [0.25, 0.3) is 11.0 Å². The van der Waals surface area contributed by atoms with E-state index in [1.165, 1.54) is 11.1 Å². The third-order valence-corrected chi connectivity index (χ3v) is 6.94. The SMILES string of the molecule is Cc1ccc(N2CC(c3nc4ccccc4n3CCCOc3cc(C)ccc3C)CC2=O)c(C)c1. The minimum Gasteiger partial charge on any atom is -0.493 e. The van der Waals surface area contributed by atoms with Crippen molar-refractivity contribution in [3.05, 3.63) is 88.7 Å². The number of imidazole rings is 1. The van der Waals surface area contributed by atoms with E-state index in [0.717, 1.165) is 52.4 Å². The number of aromatic nitrogens is 2. The number of carbonyl (C=O) groups is 1. The van der Waals surface area contributed by atoms with Gasteiger partial charge in [0.05, 0.1) is 17.6 Å². The van der Waals surface area contributed by atoms with Crippen LogP contribution in [0.3, 0.4) is 0 Å². The summed E-state index contributed by atoms with van der Waals surface area (Å²) in [6.45, 7) is 10.4. The molecule has 0 radical (unpaired) electrons. The van der Waals surface area contributed by atoms with Crippen LogP contribution in [0.4, 0.5) is 5.69 Å². The zero-order chi connectivity index (χ0) is 24.5. The van der Waals surface area contributed by atoms with E-state index in [2.05, 4.69) is 86.9 Å². The number of carbonyl (C=O) groups excluding carboxylic acids is 1. The maximum atomic E-state index is 13.1. The molecule has 1 aromatic heterocycles. The average molecular weight is 468 g/mol. The van der Waals surface area contributed by atoms with Gasteiger partial charge < -0.3 is 14.2 Å². The van der Waals surface area contributed by atoms with Crippen molar-refractivity contribution in [3.8, 4) is 5.75 Å². The van der Waals surface area contributed by atoms with Crippen LogP contribution in [0, 0.1) is 27.7 Å². The molecule has 5 heteroatoms. The van der Waals surface area contributed by atoms with Gasteiger partial charge in [0.25, 0.3) is 0 Å². The first-order chi connectivity index (χ1) is 16.9. The maximum absolute atomic E-state index is 13.1. The molecule has 3 aromatic carbocycles. The Balaban J connectivity index is 1.36. The summed E-state index contributed by atoms with van der Waals surface area (Å²) in [6, 6.07) is 20.8. The summed E-state index contributed by atoms with van der Waals surface area (Å²) in [6.07, 6.45) is 1.35. The molecule has 5 rings (SSSR count). The van der Waals surface area contributed by atoms with E-state index in [0.29, 0.717) is 19.6 Å². The van der Waals surface area contributed by atoms with Crippen molar-refractivity contribution < 1.29 is 9.53 Å². The Morgan fingerprint density at radius 2 is 1.71 bits per heavy atom. The van der Waals surface area contributed by atoms with Crippen molar-refractivity contribution in [3.63, 3.8) is 0 Å². The van der Waals surface area contributed by atoms with Gasteiger partial charge in [0.1, 0.15) is 11.6 Å². The largest absolute Gasteiger partial charge is 0.493 e. The summed E-state index contributed by atoms with van der Waals surface area (Å²) in [7, 11) is 0. The van der Waals surface area contributed by atoms with Gasteiger partial charge in [-0.15, -0.1) is 0 Å². The number of hydrogen-bond donors (Lipinski definition) is 0. The smallest absolute Gasteiger partial charge is 0.227 e. The molecule has 35 heavy (non-hydrogen) atoms. The van der Waals surface area contributed by atoms with Crippen molar-refractivity contribution in [2.75, 3.05) is 18.1 Å². The third kappa shape index (κ3) is 4.68. The molecular formula is C30H33N3O2. The lowest BCUT2D eigenvalue weighted by atomic mass is 10.1. The Kier molecular flexibility index (Phi) is 6.33. The highest BCUT2D eigenvalue weighted by molar-refractivity contribution is 5.97. The summed E-state index contributed by atoms with van der Waals surface area (Å²) >= 11 is 0. The van der Waals surface area contributed by atoms with Crippen LogP contribution in [-0.4, -0.2) is 28.6 Å². The van der Waals surface area contributed by atoms with E-state index in [1.54, 1.807) is 0 Å². The number of ether oxygens (including phenoxy) is 1. The number of rotatable bonds is 7. The number of para-hydroxylation sites is 2. The molecule has 0 saturated carbocycles. The molecular weight excluding hydrogens is 434 g/mol. The van der Waals surface area contributed by atoms with Crippen LogP contribution in [0.1, 0.15) is 46.8 Å². The topological polar surface area (TPSA) is 47.4 Å². The number of hydrogen-bond acceptors (Lipinski definition) is 3. The Bertz CT molecular complexity index is 1390. The van der Waals surface area contributed by atoms with Gasteiger partial charge in [-0.05, 0) is 75.1 Å². The summed E-state index contributed by atoms with van der Waals surface area (Å²) in [5.41, 5.74) is 7.80. The van der Waals surface area contributed by atoms with Gasteiger partial charge >= 0.3 is 0 Å². The van der Waals surface area contributed by atoms with E-state index in [9.17, 15) is 4.79 Å². The van der Waals surface area contributed by atoms with Gasteiger partial charge in [-0.25, -0.2) is 4.98 Å². The fourth-order valence-electron chi connectivity index (χ4n) is 5.13. The lowest BCUT2D eigenvalue weighted by molar-refractivity contribution is -0.117. The minimum absolute atomic E-state index is 0.0653. The molecule has 0 aliphatic carbocycles. The molecule has 5 nitrogen and oxygen atoms in total. The summed E-state index contributed by atoms with van der Waals surface area (Å²) in [5.74, 6) is 2.18. The summed E-state index contributed by atoms with van der Waals surface area (Å²) in [4.78, 5) is 20.0. The van der Waals surface area contributed by atoms with Gasteiger partial charge in [-0.3, -0.25) is 4.79 Å². The first-order valence-electron chi connectivity index (χ1n) is 12.4. The van der Waals surface area contributed by atoms with Crippen LogP contribution < -0.4 is 9.64 Å². The van der Waals surface area contributed by atoms with E-state index < -0.39 is 0 Å². The van der Waals surface area contributed by atoms with Gasteiger partial charge in [0.2, 0.25) is 5.91 Å². The molecule has 1 atom stereocenters. The van der Waals surface area contributed by atoms with Crippen LogP contribution in [0.2, 0.25) is 0 Å². The molecule has 1 amide bonds. The maximum Gasteiger partial charge on any atom is 0.227 e. The number of fused-ring (bicyclic) bond motifs is 1. The van der Waals surface area contributed by atoms with E-state index >= 15 is 0 Å². The van der Waals surface area contributed by atoms with Gasteiger partial charge in [0, 0.05) is 31.1 Å². The third-order valence-electron chi connectivity index (χ3n) is 6.94. The van der Waals surface area contributed by atoms with Crippen LogP contribution >= 0.6 is 0 Å². The quantitative estimate of drug-likeness (QED) is 0.301. The Hall–Kier alpha value is -3.60. The van der Waals surface area contributed by atoms with E-state index in [4.69, 9.17) is 9.72 Å². The Labute approximate surface area is 207 Å². The fourth-order valence-corrected chi connectivity index (χ4v) is 5.13. The molecule has 0 N–H and O–H groups in total. The van der Waals surface area contributed by atoms with Gasteiger partial charge in [-0.1, -0.05) is 42.0 Å². The zero-order valence-corrected chi connectivity index (χ0v) is 21.0. The number of aryl methyl sites for hydroxylation is 5. The molecule has 0 bridgehead atoms. The van der Waals surface area contributed by atoms with Crippen LogP contribution in [0.15, 0.2) is 60.7 Å². The predicted octanol–water partition coefficient (Wildman–Crippen LogP) is 6.26. The standard InChI is InChI=1S/C30H33N3O2/c1-20-11-13-26(23(4)16-20)33-19-24(18-29(33)34)30-31-25-8-5-6-9-27(25)32(30)14-7-15-35-28-17-21(2)10-12-22(28)3/h5-6,8-13,16-17,24H,7,14-15,18-19H2,1-4H3. The normalized spacial score (nSPS) is 15.8. The average Bonchev–Trinajstić information content (AvgIpc) is 3.39.